The van der Waals surface area contributed by atoms with E-state index in [1.807, 2.05) is 5.32 Å². The highest BCUT2D eigenvalue weighted by molar-refractivity contribution is 5.95. The van der Waals surface area contributed by atoms with E-state index in [9.17, 15) is 27.6 Å². The Hall–Kier alpha value is -2.58. The normalized spacial score (nSPS) is 20.0. The molecule has 1 aromatic carbocycles. The minimum atomic E-state index is -1.71. The third-order valence-electron chi connectivity index (χ3n) is 5.68. The summed E-state index contributed by atoms with van der Waals surface area (Å²) in [4.78, 5) is 36.3. The summed E-state index contributed by atoms with van der Waals surface area (Å²) in [5.74, 6) is -6.34. The molecule has 0 radical (unpaired) electrons. The van der Waals surface area contributed by atoms with E-state index in [-0.39, 0.29) is 11.3 Å². The lowest BCUT2D eigenvalue weighted by Gasteiger charge is -2.36. The van der Waals surface area contributed by atoms with Gasteiger partial charge in [-0.3, -0.25) is 14.4 Å². The summed E-state index contributed by atoms with van der Waals surface area (Å²) in [6, 6.07) is 1.54. The number of halogens is 3. The molecule has 0 aliphatic heterocycles. The standard InChI is InChI=1S/C22H29F3N2O4/c1-12(31-21(30)13-5-7-14(8-6-13)22(2,3)4)20(29)26-11-17(28)27-16-10-9-15(23)18(24)19(16)25/h9-10,12-14H,5-8,11H2,1-4H3,(H,26,29)(H,27,28). The molecule has 9 heteroatoms. The maximum absolute atomic E-state index is 13.6. The van der Waals surface area contributed by atoms with Crippen molar-refractivity contribution in [2.24, 2.45) is 17.3 Å². The zero-order valence-electron chi connectivity index (χ0n) is 18.2. The first kappa shape index (κ1) is 24.7. The molecule has 1 unspecified atom stereocenters. The second-order valence-corrected chi connectivity index (χ2v) is 8.98. The number of carbonyl (C=O) groups excluding carboxylic acids is 3. The largest absolute Gasteiger partial charge is 0.452 e. The van der Waals surface area contributed by atoms with Gasteiger partial charge in [-0.15, -0.1) is 0 Å². The number of amides is 2. The number of hydrogen-bond donors (Lipinski definition) is 2. The van der Waals surface area contributed by atoms with Gasteiger partial charge < -0.3 is 15.4 Å². The Bertz CT molecular complexity index is 831. The van der Waals surface area contributed by atoms with Crippen molar-refractivity contribution < 1.29 is 32.3 Å². The summed E-state index contributed by atoms with van der Waals surface area (Å²) in [6.07, 6.45) is 2.14. The highest BCUT2D eigenvalue weighted by Crippen LogP contribution is 2.40. The van der Waals surface area contributed by atoms with Crippen molar-refractivity contribution in [1.29, 1.82) is 0 Å². The van der Waals surface area contributed by atoms with Crippen LogP contribution in [0, 0.1) is 34.7 Å². The van der Waals surface area contributed by atoms with E-state index in [0.717, 1.165) is 18.9 Å². The second kappa shape index (κ2) is 10.2. The first-order valence-corrected chi connectivity index (χ1v) is 10.3. The molecule has 1 aromatic rings. The van der Waals surface area contributed by atoms with Gasteiger partial charge in [-0.1, -0.05) is 20.8 Å². The lowest BCUT2D eigenvalue weighted by molar-refractivity contribution is -0.160. The third-order valence-corrected chi connectivity index (χ3v) is 5.68. The van der Waals surface area contributed by atoms with E-state index >= 15 is 0 Å². The third kappa shape index (κ3) is 6.70. The molecule has 1 fully saturated rings. The van der Waals surface area contributed by atoms with Gasteiger partial charge in [-0.25, -0.2) is 13.2 Å². The average molecular weight is 442 g/mol. The summed E-state index contributed by atoms with van der Waals surface area (Å²) in [6.45, 7) is 7.37. The highest BCUT2D eigenvalue weighted by Gasteiger charge is 2.34. The number of hydrogen-bond acceptors (Lipinski definition) is 4. The molecule has 0 saturated heterocycles. The van der Waals surface area contributed by atoms with Gasteiger partial charge in [0.1, 0.15) is 0 Å². The molecule has 2 rings (SSSR count). The Balaban J connectivity index is 1.77. The fraction of sp³-hybridized carbons (Fsp3) is 0.591. The van der Waals surface area contributed by atoms with Crippen LogP contribution in [0.4, 0.5) is 18.9 Å². The number of esters is 1. The molecule has 0 bridgehead atoms. The van der Waals surface area contributed by atoms with Crippen molar-refractivity contribution in [2.45, 2.75) is 59.5 Å². The van der Waals surface area contributed by atoms with Gasteiger partial charge in [0.2, 0.25) is 5.91 Å². The lowest BCUT2D eigenvalue weighted by Crippen LogP contribution is -2.41. The van der Waals surface area contributed by atoms with Gasteiger partial charge in [-0.2, -0.15) is 0 Å². The number of ether oxygens (including phenoxy) is 1. The minimum absolute atomic E-state index is 0.186. The molecule has 0 aromatic heterocycles. The molecular formula is C22H29F3N2O4. The van der Waals surface area contributed by atoms with E-state index in [1.54, 1.807) is 0 Å². The zero-order chi connectivity index (χ0) is 23.3. The molecule has 2 N–H and O–H groups in total. The van der Waals surface area contributed by atoms with Crippen LogP contribution in [0.25, 0.3) is 0 Å². The van der Waals surface area contributed by atoms with Gasteiger partial charge in [0, 0.05) is 0 Å². The Morgan fingerprint density at radius 3 is 2.26 bits per heavy atom. The van der Waals surface area contributed by atoms with Crippen LogP contribution in [-0.2, 0) is 19.1 Å². The Morgan fingerprint density at radius 2 is 1.68 bits per heavy atom. The Kier molecular flexibility index (Phi) is 8.08. The average Bonchev–Trinajstić information content (AvgIpc) is 2.71. The van der Waals surface area contributed by atoms with Crippen LogP contribution in [0.15, 0.2) is 12.1 Å². The number of nitrogens with one attached hydrogen (secondary N) is 2. The van der Waals surface area contributed by atoms with Crippen molar-refractivity contribution in [1.82, 2.24) is 5.32 Å². The Labute approximate surface area is 179 Å². The topological polar surface area (TPSA) is 84.5 Å². The number of carbonyl (C=O) groups is 3. The molecule has 0 spiro atoms. The van der Waals surface area contributed by atoms with E-state index in [0.29, 0.717) is 24.8 Å². The fourth-order valence-corrected chi connectivity index (χ4v) is 3.65. The van der Waals surface area contributed by atoms with Crippen LogP contribution < -0.4 is 10.6 Å². The predicted octanol–water partition coefficient (Wildman–Crippen LogP) is 3.94. The molecule has 172 valence electrons. The summed E-state index contributed by atoms with van der Waals surface area (Å²) < 4.78 is 44.9. The van der Waals surface area contributed by atoms with Crippen LogP contribution in [0.1, 0.15) is 53.4 Å². The van der Waals surface area contributed by atoms with Crippen molar-refractivity contribution >= 4 is 23.5 Å². The molecule has 1 atom stereocenters. The first-order valence-electron chi connectivity index (χ1n) is 10.3. The predicted molar refractivity (Wildman–Crippen MR) is 108 cm³/mol. The second-order valence-electron chi connectivity index (χ2n) is 8.98. The number of benzene rings is 1. The van der Waals surface area contributed by atoms with Gasteiger partial charge in [0.15, 0.2) is 23.6 Å². The maximum atomic E-state index is 13.6. The van der Waals surface area contributed by atoms with E-state index in [1.165, 1.54) is 6.92 Å². The number of rotatable bonds is 6. The van der Waals surface area contributed by atoms with Gasteiger partial charge in [-0.05, 0) is 56.1 Å². The summed E-state index contributed by atoms with van der Waals surface area (Å²) >= 11 is 0. The maximum Gasteiger partial charge on any atom is 0.309 e. The zero-order valence-corrected chi connectivity index (χ0v) is 18.2. The van der Waals surface area contributed by atoms with Crippen LogP contribution >= 0.6 is 0 Å². The summed E-state index contributed by atoms with van der Waals surface area (Å²) in [5, 5.41) is 4.30. The van der Waals surface area contributed by atoms with Gasteiger partial charge >= 0.3 is 5.97 Å². The van der Waals surface area contributed by atoms with Crippen molar-refractivity contribution in [3.8, 4) is 0 Å². The molecule has 2 amide bonds. The van der Waals surface area contributed by atoms with Gasteiger partial charge in [0.25, 0.3) is 5.91 Å². The quantitative estimate of drug-likeness (QED) is 0.516. The van der Waals surface area contributed by atoms with Crippen molar-refractivity contribution in [3.05, 3.63) is 29.6 Å². The van der Waals surface area contributed by atoms with Crippen LogP contribution in [-0.4, -0.2) is 30.4 Å². The molecule has 31 heavy (non-hydrogen) atoms. The van der Waals surface area contributed by atoms with E-state index < -0.39 is 53.6 Å². The lowest BCUT2D eigenvalue weighted by atomic mass is 9.70. The van der Waals surface area contributed by atoms with Crippen molar-refractivity contribution in [2.75, 3.05) is 11.9 Å². The van der Waals surface area contributed by atoms with Crippen LogP contribution in [0.2, 0.25) is 0 Å². The van der Waals surface area contributed by atoms with E-state index in [4.69, 9.17) is 4.74 Å². The fourth-order valence-electron chi connectivity index (χ4n) is 3.65. The summed E-state index contributed by atoms with van der Waals surface area (Å²) in [7, 11) is 0. The molecule has 1 saturated carbocycles. The molecule has 1 aliphatic rings. The highest BCUT2D eigenvalue weighted by atomic mass is 19.2. The Morgan fingerprint density at radius 1 is 1.06 bits per heavy atom. The SMILES string of the molecule is CC(OC(=O)C1CCC(C(C)(C)C)CC1)C(=O)NCC(=O)Nc1ccc(F)c(F)c1F. The van der Waals surface area contributed by atoms with E-state index in [2.05, 4.69) is 26.1 Å². The van der Waals surface area contributed by atoms with Crippen LogP contribution in [0.3, 0.4) is 0 Å². The molecule has 1 aliphatic carbocycles. The van der Waals surface area contributed by atoms with Gasteiger partial charge in [0.05, 0.1) is 18.2 Å². The molecule has 0 heterocycles. The first-order chi connectivity index (χ1) is 14.4. The smallest absolute Gasteiger partial charge is 0.309 e. The molecular weight excluding hydrogens is 413 g/mol. The number of anilines is 1. The summed E-state index contributed by atoms with van der Waals surface area (Å²) in [5.41, 5.74) is -0.367. The monoisotopic (exact) mass is 442 g/mol. The minimum Gasteiger partial charge on any atom is -0.452 e. The van der Waals surface area contributed by atoms with Crippen molar-refractivity contribution in [3.63, 3.8) is 0 Å². The molecule has 6 nitrogen and oxygen atoms in total. The van der Waals surface area contributed by atoms with Crippen LogP contribution in [0.5, 0.6) is 0 Å².